The maximum Gasteiger partial charge on any atom is 0.0737 e. The minimum atomic E-state index is 0.234. The van der Waals surface area contributed by atoms with Gasteiger partial charge in [0.15, 0.2) is 0 Å². The van der Waals surface area contributed by atoms with Gasteiger partial charge in [0, 0.05) is 28.3 Å². The van der Waals surface area contributed by atoms with Crippen LogP contribution in [0.1, 0.15) is 18.5 Å². The summed E-state index contributed by atoms with van der Waals surface area (Å²) < 4.78 is 0. The monoisotopic (exact) mass is 282 g/mol. The van der Waals surface area contributed by atoms with Crippen molar-refractivity contribution in [3.8, 4) is 0 Å². The Balaban J connectivity index is 1.95. The van der Waals surface area contributed by atoms with Crippen LogP contribution < -0.4 is 5.32 Å². The lowest BCUT2D eigenvalue weighted by atomic mass is 10.1. The van der Waals surface area contributed by atoms with Crippen molar-refractivity contribution in [1.82, 2.24) is 4.98 Å². The highest BCUT2D eigenvalue weighted by Gasteiger charge is 2.07. The molecule has 0 aliphatic heterocycles. The lowest BCUT2D eigenvalue weighted by Crippen LogP contribution is -2.06. The quantitative estimate of drug-likeness (QED) is 0.726. The van der Waals surface area contributed by atoms with Gasteiger partial charge in [0.05, 0.1) is 5.52 Å². The van der Waals surface area contributed by atoms with E-state index in [-0.39, 0.29) is 6.04 Å². The smallest absolute Gasteiger partial charge is 0.0737 e. The van der Waals surface area contributed by atoms with E-state index in [1.54, 1.807) is 6.20 Å². The number of aromatic nitrogens is 1. The Morgan fingerprint density at radius 1 is 1.05 bits per heavy atom. The molecule has 0 aliphatic rings. The number of nitrogens with one attached hydrogen (secondary N) is 1. The second-order valence-electron chi connectivity index (χ2n) is 4.80. The highest BCUT2D eigenvalue weighted by molar-refractivity contribution is 6.31. The van der Waals surface area contributed by atoms with Crippen LogP contribution in [-0.4, -0.2) is 4.98 Å². The molecule has 1 heterocycles. The number of halogens is 1. The van der Waals surface area contributed by atoms with Gasteiger partial charge in [-0.1, -0.05) is 41.9 Å². The number of rotatable bonds is 3. The molecule has 0 fully saturated rings. The van der Waals surface area contributed by atoms with E-state index in [4.69, 9.17) is 11.6 Å². The van der Waals surface area contributed by atoms with Crippen LogP contribution in [0.3, 0.4) is 0 Å². The Morgan fingerprint density at radius 2 is 1.85 bits per heavy atom. The number of nitrogens with zero attached hydrogens (tertiary/aromatic N) is 1. The van der Waals surface area contributed by atoms with Crippen LogP contribution in [0, 0.1) is 0 Å². The molecule has 100 valence electrons. The Labute approximate surface area is 123 Å². The maximum atomic E-state index is 6.01. The van der Waals surface area contributed by atoms with E-state index < -0.39 is 0 Å². The summed E-state index contributed by atoms with van der Waals surface area (Å²) in [6.45, 7) is 2.15. The van der Waals surface area contributed by atoms with E-state index in [9.17, 15) is 0 Å². The van der Waals surface area contributed by atoms with Gasteiger partial charge in [-0.2, -0.15) is 0 Å². The number of fused-ring (bicyclic) bond motifs is 1. The normalized spacial score (nSPS) is 12.3. The lowest BCUT2D eigenvalue weighted by Gasteiger charge is -2.17. The van der Waals surface area contributed by atoms with Crippen LogP contribution in [0.2, 0.25) is 5.02 Å². The van der Waals surface area contributed by atoms with E-state index in [0.29, 0.717) is 5.02 Å². The molecule has 0 unspecified atom stereocenters. The molecule has 1 aromatic heterocycles. The molecule has 0 spiro atoms. The Hall–Kier alpha value is -2.06. The second-order valence-corrected chi connectivity index (χ2v) is 5.23. The molecule has 2 nitrogen and oxygen atoms in total. The molecule has 2 aromatic carbocycles. The van der Waals surface area contributed by atoms with Gasteiger partial charge in [0.2, 0.25) is 0 Å². The molecule has 0 radical (unpaired) electrons. The van der Waals surface area contributed by atoms with Crippen molar-refractivity contribution in [3.63, 3.8) is 0 Å². The first-order valence-electron chi connectivity index (χ1n) is 6.60. The van der Waals surface area contributed by atoms with Crippen molar-refractivity contribution >= 4 is 28.2 Å². The van der Waals surface area contributed by atoms with Crippen molar-refractivity contribution in [2.24, 2.45) is 0 Å². The van der Waals surface area contributed by atoms with Crippen LogP contribution in [0.25, 0.3) is 10.9 Å². The fourth-order valence-electron chi connectivity index (χ4n) is 2.31. The van der Waals surface area contributed by atoms with Crippen LogP contribution in [0.5, 0.6) is 0 Å². The summed E-state index contributed by atoms with van der Waals surface area (Å²) in [5, 5.41) is 5.33. The van der Waals surface area contributed by atoms with E-state index in [0.717, 1.165) is 16.6 Å². The fourth-order valence-corrected chi connectivity index (χ4v) is 2.47. The van der Waals surface area contributed by atoms with E-state index in [2.05, 4.69) is 41.5 Å². The summed E-state index contributed by atoms with van der Waals surface area (Å²) in [5.41, 5.74) is 3.23. The number of pyridine rings is 1. The molecule has 20 heavy (non-hydrogen) atoms. The SMILES string of the molecule is C[C@@H](Nc1ccnc2cc(Cl)ccc12)c1ccccc1. The van der Waals surface area contributed by atoms with Gasteiger partial charge in [0.25, 0.3) is 0 Å². The average molecular weight is 283 g/mol. The van der Waals surface area contributed by atoms with Gasteiger partial charge in [0.1, 0.15) is 0 Å². The molecule has 0 saturated heterocycles. The first-order valence-corrected chi connectivity index (χ1v) is 6.97. The van der Waals surface area contributed by atoms with Gasteiger partial charge in [-0.3, -0.25) is 4.98 Å². The average Bonchev–Trinajstić information content (AvgIpc) is 2.48. The number of hydrogen-bond acceptors (Lipinski definition) is 2. The summed E-state index contributed by atoms with van der Waals surface area (Å²) >= 11 is 6.01. The number of benzene rings is 2. The third kappa shape index (κ3) is 2.61. The largest absolute Gasteiger partial charge is 0.378 e. The number of hydrogen-bond donors (Lipinski definition) is 1. The maximum absolute atomic E-state index is 6.01. The van der Waals surface area contributed by atoms with Crippen molar-refractivity contribution in [1.29, 1.82) is 0 Å². The topological polar surface area (TPSA) is 24.9 Å². The molecule has 1 atom stereocenters. The Kier molecular flexibility index (Phi) is 3.57. The summed E-state index contributed by atoms with van der Waals surface area (Å²) in [6, 6.07) is 18.4. The predicted octanol–water partition coefficient (Wildman–Crippen LogP) is 5.06. The van der Waals surface area contributed by atoms with Crippen LogP contribution in [-0.2, 0) is 0 Å². The van der Waals surface area contributed by atoms with Crippen LogP contribution in [0.4, 0.5) is 5.69 Å². The molecule has 3 aromatic rings. The molecule has 0 aliphatic carbocycles. The fraction of sp³-hybridized carbons (Fsp3) is 0.118. The molecule has 3 heteroatoms. The summed E-state index contributed by atoms with van der Waals surface area (Å²) in [6.07, 6.45) is 1.80. The molecule has 0 amide bonds. The zero-order valence-electron chi connectivity index (χ0n) is 11.2. The highest BCUT2D eigenvalue weighted by atomic mass is 35.5. The Morgan fingerprint density at radius 3 is 2.65 bits per heavy atom. The van der Waals surface area contributed by atoms with Crippen molar-refractivity contribution in [3.05, 3.63) is 71.4 Å². The van der Waals surface area contributed by atoms with E-state index in [1.807, 2.05) is 30.3 Å². The van der Waals surface area contributed by atoms with Crippen LogP contribution in [0.15, 0.2) is 60.8 Å². The third-order valence-electron chi connectivity index (χ3n) is 3.38. The van der Waals surface area contributed by atoms with Gasteiger partial charge >= 0.3 is 0 Å². The zero-order chi connectivity index (χ0) is 13.9. The molecule has 1 N–H and O–H groups in total. The van der Waals surface area contributed by atoms with Crippen molar-refractivity contribution in [2.75, 3.05) is 5.32 Å². The van der Waals surface area contributed by atoms with Gasteiger partial charge in [-0.25, -0.2) is 0 Å². The highest BCUT2D eigenvalue weighted by Crippen LogP contribution is 2.27. The minimum Gasteiger partial charge on any atom is -0.378 e. The van der Waals surface area contributed by atoms with E-state index >= 15 is 0 Å². The van der Waals surface area contributed by atoms with Crippen LogP contribution >= 0.6 is 11.6 Å². The summed E-state index contributed by atoms with van der Waals surface area (Å²) in [4.78, 5) is 4.36. The molecular weight excluding hydrogens is 268 g/mol. The first-order chi connectivity index (χ1) is 9.74. The summed E-state index contributed by atoms with van der Waals surface area (Å²) in [5.74, 6) is 0. The second kappa shape index (κ2) is 5.51. The van der Waals surface area contributed by atoms with E-state index in [1.165, 1.54) is 5.56 Å². The first kappa shape index (κ1) is 12.9. The van der Waals surface area contributed by atoms with Gasteiger partial charge in [-0.15, -0.1) is 0 Å². The molecular formula is C17H15ClN2. The standard InChI is InChI=1S/C17H15ClN2/c1-12(13-5-3-2-4-6-13)20-16-9-10-19-17-11-14(18)7-8-15(16)17/h2-12H,1H3,(H,19,20)/t12-/m1/s1. The molecule has 0 bridgehead atoms. The Bertz CT molecular complexity index is 725. The molecule has 3 rings (SSSR count). The zero-order valence-corrected chi connectivity index (χ0v) is 11.9. The minimum absolute atomic E-state index is 0.234. The number of anilines is 1. The van der Waals surface area contributed by atoms with Crippen molar-refractivity contribution in [2.45, 2.75) is 13.0 Å². The predicted molar refractivity (Wildman–Crippen MR) is 85.2 cm³/mol. The summed E-state index contributed by atoms with van der Waals surface area (Å²) in [7, 11) is 0. The van der Waals surface area contributed by atoms with Gasteiger partial charge in [-0.05, 0) is 36.8 Å². The lowest BCUT2D eigenvalue weighted by molar-refractivity contribution is 0.886. The molecule has 0 saturated carbocycles. The van der Waals surface area contributed by atoms with Crippen molar-refractivity contribution < 1.29 is 0 Å². The van der Waals surface area contributed by atoms with Gasteiger partial charge < -0.3 is 5.32 Å². The third-order valence-corrected chi connectivity index (χ3v) is 3.61.